The Balaban J connectivity index is 1.56. The average molecular weight is 383 g/mol. The van der Waals surface area contributed by atoms with Gasteiger partial charge in [0.1, 0.15) is 5.69 Å². The highest BCUT2D eigenvalue weighted by Crippen LogP contribution is 2.31. The van der Waals surface area contributed by atoms with Crippen molar-refractivity contribution >= 4 is 5.91 Å². The number of H-pyrrole nitrogens is 1. The number of likely N-dealkylation sites (tertiary alicyclic amines) is 1. The lowest BCUT2D eigenvalue weighted by Crippen LogP contribution is -2.40. The lowest BCUT2D eigenvalue weighted by Gasteiger charge is -2.35. The Bertz CT molecular complexity index is 845. The van der Waals surface area contributed by atoms with Gasteiger partial charge >= 0.3 is 0 Å². The molecule has 1 N–H and O–H groups in total. The van der Waals surface area contributed by atoms with Gasteiger partial charge in [-0.15, -0.1) is 0 Å². The monoisotopic (exact) mass is 382 g/mol. The maximum absolute atomic E-state index is 13.2. The van der Waals surface area contributed by atoms with Gasteiger partial charge in [0.05, 0.1) is 6.04 Å². The molecule has 2 aromatic rings. The van der Waals surface area contributed by atoms with Crippen molar-refractivity contribution in [3.63, 3.8) is 0 Å². The molecule has 2 aromatic heterocycles. The van der Waals surface area contributed by atoms with E-state index in [0.29, 0.717) is 11.6 Å². The fourth-order valence-electron chi connectivity index (χ4n) is 4.24. The van der Waals surface area contributed by atoms with Crippen LogP contribution in [0.25, 0.3) is 0 Å². The van der Waals surface area contributed by atoms with E-state index in [0.717, 1.165) is 69.0 Å². The number of rotatable bonds is 4. The number of piperidine rings is 1. The summed E-state index contributed by atoms with van der Waals surface area (Å²) in [7, 11) is 2.12. The summed E-state index contributed by atoms with van der Waals surface area (Å²) in [6.07, 6.45) is 6.82. The number of aromatic nitrogens is 4. The molecule has 2 aliphatic heterocycles. The molecular formula is C21H30N6O. The van der Waals surface area contributed by atoms with Gasteiger partial charge < -0.3 is 9.80 Å². The molecule has 4 rings (SSSR count). The summed E-state index contributed by atoms with van der Waals surface area (Å²) in [6, 6.07) is 1.84. The molecule has 7 nitrogen and oxygen atoms in total. The Hall–Kier alpha value is -2.28. The Kier molecular flexibility index (Phi) is 5.44. The van der Waals surface area contributed by atoms with Gasteiger partial charge in [0.2, 0.25) is 0 Å². The fourth-order valence-corrected chi connectivity index (χ4v) is 4.24. The molecule has 2 aliphatic rings. The summed E-state index contributed by atoms with van der Waals surface area (Å²) in [5.74, 6) is 1.29. The SMILES string of the molecule is CC(C)Cc1cc(C(=O)N2CCCCC2c2ncc3c(n2)CCN(C)C3)n[nH]1. The smallest absolute Gasteiger partial charge is 0.274 e. The number of carbonyl (C=O) groups is 1. The molecule has 0 bridgehead atoms. The average Bonchev–Trinajstić information content (AvgIpc) is 3.14. The number of nitrogens with zero attached hydrogens (tertiary/aromatic N) is 5. The molecule has 1 fully saturated rings. The predicted octanol–water partition coefficient (Wildman–Crippen LogP) is 2.75. The van der Waals surface area contributed by atoms with E-state index in [4.69, 9.17) is 4.98 Å². The zero-order valence-corrected chi connectivity index (χ0v) is 17.1. The molecule has 4 heterocycles. The van der Waals surface area contributed by atoms with Crippen molar-refractivity contribution in [1.82, 2.24) is 30.0 Å². The Morgan fingerprint density at radius 3 is 3.00 bits per heavy atom. The minimum Gasteiger partial charge on any atom is -0.327 e. The largest absolute Gasteiger partial charge is 0.327 e. The van der Waals surface area contributed by atoms with Crippen LogP contribution in [0.5, 0.6) is 0 Å². The summed E-state index contributed by atoms with van der Waals surface area (Å²) in [6.45, 7) is 6.97. The maximum Gasteiger partial charge on any atom is 0.274 e. The minimum atomic E-state index is -0.0588. The second kappa shape index (κ2) is 7.99. The molecule has 0 aliphatic carbocycles. The third-order valence-electron chi connectivity index (χ3n) is 5.68. The number of carbonyl (C=O) groups excluding carboxylic acids is 1. The van der Waals surface area contributed by atoms with E-state index in [2.05, 4.69) is 41.0 Å². The van der Waals surface area contributed by atoms with Crippen molar-refractivity contribution in [3.05, 3.63) is 40.7 Å². The molecule has 0 spiro atoms. The summed E-state index contributed by atoms with van der Waals surface area (Å²) < 4.78 is 0. The number of fused-ring (bicyclic) bond motifs is 1. The molecule has 7 heteroatoms. The number of likely N-dealkylation sites (N-methyl/N-ethyl adjacent to an activating group) is 1. The van der Waals surface area contributed by atoms with Gasteiger partial charge in [-0.3, -0.25) is 9.89 Å². The maximum atomic E-state index is 13.2. The number of amides is 1. The van der Waals surface area contributed by atoms with Crippen LogP contribution in [-0.4, -0.2) is 56.0 Å². The summed E-state index contributed by atoms with van der Waals surface area (Å²) in [4.78, 5) is 27.0. The second-order valence-electron chi connectivity index (χ2n) is 8.57. The van der Waals surface area contributed by atoms with Crippen LogP contribution in [0, 0.1) is 5.92 Å². The van der Waals surface area contributed by atoms with E-state index >= 15 is 0 Å². The lowest BCUT2D eigenvalue weighted by atomic mass is 9.99. The van der Waals surface area contributed by atoms with Crippen LogP contribution in [0.2, 0.25) is 0 Å². The van der Waals surface area contributed by atoms with Crippen molar-refractivity contribution in [3.8, 4) is 0 Å². The highest BCUT2D eigenvalue weighted by molar-refractivity contribution is 5.92. The quantitative estimate of drug-likeness (QED) is 0.880. The van der Waals surface area contributed by atoms with Gasteiger partial charge in [-0.1, -0.05) is 13.8 Å². The zero-order chi connectivity index (χ0) is 19.7. The first kappa shape index (κ1) is 19.1. The van der Waals surface area contributed by atoms with E-state index in [1.54, 1.807) is 0 Å². The fraction of sp³-hybridized carbons (Fsp3) is 0.619. The number of nitrogens with one attached hydrogen (secondary N) is 1. The molecule has 0 saturated carbocycles. The van der Waals surface area contributed by atoms with E-state index in [1.807, 2.05) is 17.2 Å². The van der Waals surface area contributed by atoms with Gasteiger partial charge in [-0.25, -0.2) is 9.97 Å². The summed E-state index contributed by atoms with van der Waals surface area (Å²) in [5, 5.41) is 7.31. The van der Waals surface area contributed by atoms with Gasteiger partial charge in [0.15, 0.2) is 5.82 Å². The first-order chi connectivity index (χ1) is 13.5. The van der Waals surface area contributed by atoms with E-state index in [-0.39, 0.29) is 11.9 Å². The second-order valence-corrected chi connectivity index (χ2v) is 8.57. The molecule has 1 unspecified atom stereocenters. The van der Waals surface area contributed by atoms with Gasteiger partial charge in [-0.05, 0) is 44.7 Å². The molecule has 0 radical (unpaired) electrons. The molecule has 1 atom stereocenters. The standard InChI is InChI=1S/C21H30N6O/c1-14(2)10-16-11-18(25-24-16)21(28)27-8-5-4-6-19(27)20-22-12-15-13-26(3)9-7-17(15)23-20/h11-12,14,19H,4-10,13H2,1-3H3,(H,24,25). The van der Waals surface area contributed by atoms with Crippen LogP contribution >= 0.6 is 0 Å². The molecular weight excluding hydrogens is 352 g/mol. The normalized spacial score (nSPS) is 20.4. The van der Waals surface area contributed by atoms with E-state index in [1.165, 1.54) is 5.56 Å². The molecule has 150 valence electrons. The van der Waals surface area contributed by atoms with Crippen LogP contribution in [0.1, 0.15) is 72.4 Å². The first-order valence-corrected chi connectivity index (χ1v) is 10.4. The highest BCUT2D eigenvalue weighted by Gasteiger charge is 2.32. The van der Waals surface area contributed by atoms with E-state index < -0.39 is 0 Å². The molecule has 1 amide bonds. The Labute approximate surface area is 166 Å². The molecule has 28 heavy (non-hydrogen) atoms. The molecule has 0 aromatic carbocycles. The third kappa shape index (κ3) is 3.94. The number of hydrogen-bond donors (Lipinski definition) is 1. The van der Waals surface area contributed by atoms with Crippen molar-refractivity contribution in [2.24, 2.45) is 5.92 Å². The van der Waals surface area contributed by atoms with Crippen LogP contribution in [0.15, 0.2) is 12.3 Å². The van der Waals surface area contributed by atoms with E-state index in [9.17, 15) is 4.79 Å². The summed E-state index contributed by atoms with van der Waals surface area (Å²) in [5.41, 5.74) is 3.86. The van der Waals surface area contributed by atoms with Crippen LogP contribution in [-0.2, 0) is 19.4 Å². The van der Waals surface area contributed by atoms with Gasteiger partial charge in [-0.2, -0.15) is 5.10 Å². The predicted molar refractivity (Wildman–Crippen MR) is 107 cm³/mol. The Morgan fingerprint density at radius 2 is 2.18 bits per heavy atom. The highest BCUT2D eigenvalue weighted by atomic mass is 16.2. The zero-order valence-electron chi connectivity index (χ0n) is 17.1. The third-order valence-corrected chi connectivity index (χ3v) is 5.68. The topological polar surface area (TPSA) is 78.0 Å². The Morgan fingerprint density at radius 1 is 1.32 bits per heavy atom. The van der Waals surface area contributed by atoms with Crippen molar-refractivity contribution in [1.29, 1.82) is 0 Å². The van der Waals surface area contributed by atoms with Crippen molar-refractivity contribution < 1.29 is 4.79 Å². The van der Waals surface area contributed by atoms with Gasteiger partial charge in [0, 0.05) is 49.2 Å². The molecule has 1 saturated heterocycles. The van der Waals surface area contributed by atoms with Crippen LogP contribution in [0.4, 0.5) is 0 Å². The lowest BCUT2D eigenvalue weighted by molar-refractivity contribution is 0.0593. The van der Waals surface area contributed by atoms with Gasteiger partial charge in [0.25, 0.3) is 5.91 Å². The van der Waals surface area contributed by atoms with Crippen molar-refractivity contribution in [2.75, 3.05) is 20.1 Å². The minimum absolute atomic E-state index is 0.0167. The number of aromatic amines is 1. The first-order valence-electron chi connectivity index (χ1n) is 10.4. The number of hydrogen-bond acceptors (Lipinski definition) is 5. The summed E-state index contributed by atoms with van der Waals surface area (Å²) >= 11 is 0. The van der Waals surface area contributed by atoms with Crippen LogP contribution < -0.4 is 0 Å². The van der Waals surface area contributed by atoms with Crippen molar-refractivity contribution in [2.45, 2.75) is 58.5 Å². The van der Waals surface area contributed by atoms with Crippen LogP contribution in [0.3, 0.4) is 0 Å².